The van der Waals surface area contributed by atoms with Crippen LogP contribution in [0.3, 0.4) is 0 Å². The van der Waals surface area contributed by atoms with Gasteiger partial charge in [-0.2, -0.15) is 0 Å². The second-order valence-electron chi connectivity index (χ2n) is 7.35. The highest BCUT2D eigenvalue weighted by molar-refractivity contribution is 5.94. The van der Waals surface area contributed by atoms with Gasteiger partial charge in [0.05, 0.1) is 26.4 Å². The molecular formula is C27H31NO4. The van der Waals surface area contributed by atoms with E-state index in [0.717, 1.165) is 18.4 Å². The summed E-state index contributed by atoms with van der Waals surface area (Å²) in [6, 6.07) is 23.1. The fourth-order valence-electron chi connectivity index (χ4n) is 3.57. The molecule has 0 radical (unpaired) electrons. The molecule has 0 heterocycles. The van der Waals surface area contributed by atoms with Gasteiger partial charge in [-0.1, -0.05) is 42.5 Å². The lowest BCUT2D eigenvalue weighted by Crippen LogP contribution is -2.29. The van der Waals surface area contributed by atoms with Gasteiger partial charge in [-0.3, -0.25) is 4.79 Å². The number of benzene rings is 3. The van der Waals surface area contributed by atoms with Crippen LogP contribution in [-0.2, 0) is 6.42 Å². The number of ether oxygens (including phenoxy) is 3. The minimum Gasteiger partial charge on any atom is -0.497 e. The quantitative estimate of drug-likeness (QED) is 0.428. The van der Waals surface area contributed by atoms with Gasteiger partial charge in [0.25, 0.3) is 5.91 Å². The molecule has 32 heavy (non-hydrogen) atoms. The number of amides is 1. The van der Waals surface area contributed by atoms with Gasteiger partial charge in [-0.25, -0.2) is 0 Å². The minimum absolute atomic E-state index is 0.145. The summed E-state index contributed by atoms with van der Waals surface area (Å²) in [7, 11) is 1.59. The third-order valence-corrected chi connectivity index (χ3v) is 5.17. The van der Waals surface area contributed by atoms with Crippen LogP contribution in [0, 0.1) is 0 Å². The molecule has 0 unspecified atom stereocenters. The van der Waals surface area contributed by atoms with Crippen LogP contribution in [0.15, 0.2) is 72.8 Å². The smallest absolute Gasteiger partial charge is 0.251 e. The van der Waals surface area contributed by atoms with Crippen molar-refractivity contribution in [2.24, 2.45) is 0 Å². The van der Waals surface area contributed by atoms with Crippen LogP contribution in [0.5, 0.6) is 17.2 Å². The lowest BCUT2D eigenvalue weighted by atomic mass is 9.98. The van der Waals surface area contributed by atoms with Crippen molar-refractivity contribution in [3.8, 4) is 17.2 Å². The van der Waals surface area contributed by atoms with Crippen LogP contribution >= 0.6 is 0 Å². The number of hydrogen-bond donors (Lipinski definition) is 1. The zero-order valence-electron chi connectivity index (χ0n) is 19.0. The van der Waals surface area contributed by atoms with E-state index >= 15 is 0 Å². The zero-order chi connectivity index (χ0) is 22.8. The Bertz CT molecular complexity index is 1000. The first-order chi connectivity index (χ1) is 15.6. The maximum absolute atomic E-state index is 13.1. The van der Waals surface area contributed by atoms with E-state index in [9.17, 15) is 4.79 Å². The van der Waals surface area contributed by atoms with E-state index in [1.807, 2.05) is 62.4 Å². The molecule has 3 aromatic carbocycles. The average Bonchev–Trinajstić information content (AvgIpc) is 2.83. The Morgan fingerprint density at radius 3 is 2.34 bits per heavy atom. The van der Waals surface area contributed by atoms with Crippen LogP contribution in [0.4, 0.5) is 0 Å². The Morgan fingerprint density at radius 2 is 1.62 bits per heavy atom. The number of aryl methyl sites for hydroxylation is 1. The van der Waals surface area contributed by atoms with Gasteiger partial charge in [0, 0.05) is 5.56 Å². The van der Waals surface area contributed by atoms with E-state index in [0.29, 0.717) is 36.0 Å². The average molecular weight is 434 g/mol. The van der Waals surface area contributed by atoms with Crippen molar-refractivity contribution in [3.63, 3.8) is 0 Å². The van der Waals surface area contributed by atoms with E-state index in [1.165, 1.54) is 5.56 Å². The first kappa shape index (κ1) is 23.2. The summed E-state index contributed by atoms with van der Waals surface area (Å²) in [5.74, 6) is 1.90. The Morgan fingerprint density at radius 1 is 0.875 bits per heavy atom. The molecule has 5 heteroatoms. The summed E-state index contributed by atoms with van der Waals surface area (Å²) >= 11 is 0. The van der Waals surface area contributed by atoms with Crippen LogP contribution in [-0.4, -0.2) is 26.2 Å². The molecule has 5 nitrogen and oxygen atoms in total. The van der Waals surface area contributed by atoms with Crippen LogP contribution in [0.2, 0.25) is 0 Å². The van der Waals surface area contributed by atoms with Gasteiger partial charge in [-0.15, -0.1) is 0 Å². The van der Waals surface area contributed by atoms with Gasteiger partial charge in [-0.05, 0) is 68.1 Å². The summed E-state index contributed by atoms with van der Waals surface area (Å²) in [4.78, 5) is 13.1. The third-order valence-electron chi connectivity index (χ3n) is 5.17. The monoisotopic (exact) mass is 433 g/mol. The maximum atomic E-state index is 13.1. The molecule has 1 amide bonds. The first-order valence-electron chi connectivity index (χ1n) is 11.0. The normalized spacial score (nSPS) is 11.5. The molecule has 0 aliphatic carbocycles. The summed E-state index contributed by atoms with van der Waals surface area (Å²) in [6.45, 7) is 4.98. The van der Waals surface area contributed by atoms with E-state index in [1.54, 1.807) is 19.2 Å². The number of carbonyl (C=O) groups is 1. The predicted molar refractivity (Wildman–Crippen MR) is 127 cm³/mol. The summed E-state index contributed by atoms with van der Waals surface area (Å²) in [6.07, 6.45) is 1.58. The van der Waals surface area contributed by atoms with Crippen LogP contribution in [0.25, 0.3) is 0 Å². The highest BCUT2D eigenvalue weighted by Gasteiger charge is 2.19. The molecule has 0 spiro atoms. The first-order valence-corrected chi connectivity index (χ1v) is 11.0. The molecule has 168 valence electrons. The summed E-state index contributed by atoms with van der Waals surface area (Å²) in [5, 5.41) is 3.20. The van der Waals surface area contributed by atoms with Crippen molar-refractivity contribution in [2.45, 2.75) is 32.7 Å². The second kappa shape index (κ2) is 11.8. The maximum Gasteiger partial charge on any atom is 0.251 e. The topological polar surface area (TPSA) is 56.8 Å². The molecule has 3 aromatic rings. The fraction of sp³-hybridized carbons (Fsp3) is 0.296. The highest BCUT2D eigenvalue weighted by atomic mass is 16.5. The lowest BCUT2D eigenvalue weighted by Gasteiger charge is -2.21. The van der Waals surface area contributed by atoms with Gasteiger partial charge in [0.2, 0.25) is 0 Å². The van der Waals surface area contributed by atoms with Crippen molar-refractivity contribution in [1.29, 1.82) is 0 Å². The molecular weight excluding hydrogens is 402 g/mol. The Kier molecular flexibility index (Phi) is 8.55. The van der Waals surface area contributed by atoms with Gasteiger partial charge < -0.3 is 19.5 Å². The predicted octanol–water partition coefficient (Wildman–Crippen LogP) is 5.60. The standard InChI is InChI=1S/C27H31NO4/c1-4-31-25-17-15-21(19-26(25)32-5-2)24(16-14-20-10-7-6-8-11-20)28-27(29)22-12-9-13-23(18-22)30-3/h6-13,15,17-19,24H,4-5,14,16H2,1-3H3,(H,28,29)/t24-/m0/s1. The SMILES string of the molecule is CCOc1ccc([C@H](CCc2ccccc2)NC(=O)c2cccc(OC)c2)cc1OCC. The Hall–Kier alpha value is -3.47. The number of hydrogen-bond acceptors (Lipinski definition) is 4. The van der Waals surface area contributed by atoms with E-state index in [2.05, 4.69) is 17.4 Å². The second-order valence-corrected chi connectivity index (χ2v) is 7.35. The molecule has 0 bridgehead atoms. The number of rotatable bonds is 11. The minimum atomic E-state index is -0.191. The van der Waals surface area contributed by atoms with E-state index in [-0.39, 0.29) is 11.9 Å². The zero-order valence-corrected chi connectivity index (χ0v) is 19.0. The van der Waals surface area contributed by atoms with Crippen LogP contribution in [0.1, 0.15) is 47.8 Å². The summed E-state index contributed by atoms with van der Waals surface area (Å²) < 4.78 is 16.8. The third kappa shape index (κ3) is 6.27. The molecule has 0 saturated heterocycles. The van der Waals surface area contributed by atoms with Crippen molar-refractivity contribution >= 4 is 5.91 Å². The molecule has 0 aromatic heterocycles. The number of carbonyl (C=O) groups excluding carboxylic acids is 1. The number of methoxy groups -OCH3 is 1. The van der Waals surface area contributed by atoms with Gasteiger partial charge in [0.15, 0.2) is 11.5 Å². The number of nitrogens with one attached hydrogen (secondary N) is 1. The molecule has 0 saturated carbocycles. The van der Waals surface area contributed by atoms with Gasteiger partial charge >= 0.3 is 0 Å². The Balaban J connectivity index is 1.87. The molecule has 1 atom stereocenters. The fourth-order valence-corrected chi connectivity index (χ4v) is 3.57. The van der Waals surface area contributed by atoms with E-state index in [4.69, 9.17) is 14.2 Å². The van der Waals surface area contributed by atoms with Crippen molar-refractivity contribution in [1.82, 2.24) is 5.32 Å². The van der Waals surface area contributed by atoms with E-state index < -0.39 is 0 Å². The van der Waals surface area contributed by atoms with Crippen molar-refractivity contribution in [2.75, 3.05) is 20.3 Å². The summed E-state index contributed by atoms with van der Waals surface area (Å²) in [5.41, 5.74) is 2.76. The molecule has 0 aliphatic rings. The van der Waals surface area contributed by atoms with Gasteiger partial charge in [0.1, 0.15) is 5.75 Å². The Labute approximate surface area is 190 Å². The van der Waals surface area contributed by atoms with Crippen LogP contribution < -0.4 is 19.5 Å². The van der Waals surface area contributed by atoms with Crippen molar-refractivity contribution in [3.05, 3.63) is 89.5 Å². The molecule has 1 N–H and O–H groups in total. The molecule has 0 aliphatic heterocycles. The molecule has 0 fully saturated rings. The largest absolute Gasteiger partial charge is 0.497 e. The highest BCUT2D eigenvalue weighted by Crippen LogP contribution is 2.32. The van der Waals surface area contributed by atoms with Crippen molar-refractivity contribution < 1.29 is 19.0 Å². The molecule has 3 rings (SSSR count). The lowest BCUT2D eigenvalue weighted by molar-refractivity contribution is 0.0934.